The highest BCUT2D eigenvalue weighted by Gasteiger charge is 2.27. The van der Waals surface area contributed by atoms with E-state index in [9.17, 15) is 17.9 Å². The van der Waals surface area contributed by atoms with E-state index in [1.165, 1.54) is 12.1 Å². The lowest BCUT2D eigenvalue weighted by atomic mass is 9.88. The van der Waals surface area contributed by atoms with Gasteiger partial charge in [0.05, 0.1) is 5.60 Å². The molecule has 3 unspecified atom stereocenters. The van der Waals surface area contributed by atoms with Gasteiger partial charge in [-0.15, -0.1) is 0 Å². The number of benzene rings is 1. The molecular formula is C16H26FNO3S. The Morgan fingerprint density at radius 1 is 1.36 bits per heavy atom. The molecule has 0 aliphatic heterocycles. The molecule has 6 heteroatoms. The van der Waals surface area contributed by atoms with Gasteiger partial charge in [-0.2, -0.15) is 0 Å². The third-order valence-corrected chi connectivity index (χ3v) is 5.43. The first kappa shape index (κ1) is 19.1. The van der Waals surface area contributed by atoms with Gasteiger partial charge in [-0.3, -0.25) is 0 Å². The van der Waals surface area contributed by atoms with Crippen LogP contribution in [0.1, 0.15) is 45.7 Å². The van der Waals surface area contributed by atoms with Crippen molar-refractivity contribution < 1.29 is 17.9 Å². The molecule has 1 rings (SSSR count). The van der Waals surface area contributed by atoms with Crippen LogP contribution in [0.2, 0.25) is 0 Å². The van der Waals surface area contributed by atoms with Crippen molar-refractivity contribution in [3.63, 3.8) is 0 Å². The molecule has 2 N–H and O–H groups in total. The number of sulfone groups is 1. The van der Waals surface area contributed by atoms with Gasteiger partial charge >= 0.3 is 0 Å². The molecule has 0 spiro atoms. The van der Waals surface area contributed by atoms with Crippen molar-refractivity contribution >= 4 is 9.84 Å². The van der Waals surface area contributed by atoms with Crippen LogP contribution in [0.3, 0.4) is 0 Å². The molecule has 1 aromatic rings. The summed E-state index contributed by atoms with van der Waals surface area (Å²) in [6, 6.07) is 3.91. The Kier molecular flexibility index (Phi) is 6.12. The summed E-state index contributed by atoms with van der Waals surface area (Å²) in [4.78, 5) is -0.296. The quantitative estimate of drug-likeness (QED) is 0.806. The minimum Gasteiger partial charge on any atom is -0.389 e. The van der Waals surface area contributed by atoms with Crippen molar-refractivity contribution in [3.8, 4) is 0 Å². The molecule has 0 aliphatic rings. The Bertz CT molecular complexity index is 614. The van der Waals surface area contributed by atoms with Crippen LogP contribution < -0.4 is 5.32 Å². The van der Waals surface area contributed by atoms with Crippen LogP contribution in [0.4, 0.5) is 4.39 Å². The Morgan fingerprint density at radius 3 is 2.41 bits per heavy atom. The summed E-state index contributed by atoms with van der Waals surface area (Å²) in [5, 5.41) is 13.5. The second-order valence-electron chi connectivity index (χ2n) is 6.23. The van der Waals surface area contributed by atoms with E-state index in [2.05, 4.69) is 5.32 Å². The zero-order valence-corrected chi connectivity index (χ0v) is 14.7. The Hall–Kier alpha value is -0.980. The zero-order valence-electron chi connectivity index (χ0n) is 13.9. The normalized spacial score (nSPS) is 17.8. The van der Waals surface area contributed by atoms with Crippen LogP contribution in [0.25, 0.3) is 0 Å². The summed E-state index contributed by atoms with van der Waals surface area (Å²) in [5.74, 6) is -0.612. The van der Waals surface area contributed by atoms with E-state index in [0.29, 0.717) is 12.1 Å². The average molecular weight is 331 g/mol. The molecule has 0 aliphatic carbocycles. The minimum atomic E-state index is -3.56. The van der Waals surface area contributed by atoms with Crippen LogP contribution in [-0.4, -0.2) is 31.9 Å². The summed E-state index contributed by atoms with van der Waals surface area (Å²) >= 11 is 0. The number of nitrogens with one attached hydrogen (secondary N) is 1. The molecule has 4 nitrogen and oxygen atoms in total. The molecule has 0 bridgehead atoms. The Balaban J connectivity index is 2.83. The Morgan fingerprint density at radius 2 is 1.95 bits per heavy atom. The van der Waals surface area contributed by atoms with E-state index in [4.69, 9.17) is 0 Å². The number of aliphatic hydroxyl groups is 1. The topological polar surface area (TPSA) is 66.4 Å². The van der Waals surface area contributed by atoms with Crippen LogP contribution in [-0.2, 0) is 9.84 Å². The summed E-state index contributed by atoms with van der Waals surface area (Å²) < 4.78 is 36.7. The largest absolute Gasteiger partial charge is 0.389 e. The molecule has 0 fully saturated rings. The highest BCUT2D eigenvalue weighted by molar-refractivity contribution is 7.90. The summed E-state index contributed by atoms with van der Waals surface area (Å²) in [6.45, 7) is 7.99. The van der Waals surface area contributed by atoms with Crippen molar-refractivity contribution in [2.75, 3.05) is 12.8 Å². The fourth-order valence-corrected chi connectivity index (χ4v) is 2.91. The fourth-order valence-electron chi connectivity index (χ4n) is 2.18. The van der Waals surface area contributed by atoms with E-state index < -0.39 is 21.3 Å². The first-order chi connectivity index (χ1) is 9.99. The first-order valence-electron chi connectivity index (χ1n) is 7.44. The van der Waals surface area contributed by atoms with Gasteiger partial charge in [-0.05, 0) is 37.5 Å². The Labute approximate surface area is 132 Å². The van der Waals surface area contributed by atoms with Crippen molar-refractivity contribution in [1.29, 1.82) is 0 Å². The van der Waals surface area contributed by atoms with Crippen LogP contribution in [0, 0.1) is 11.7 Å². The number of hydrogen-bond acceptors (Lipinski definition) is 4. The third-order valence-electron chi connectivity index (χ3n) is 4.30. The van der Waals surface area contributed by atoms with Gasteiger partial charge in [-0.1, -0.05) is 26.3 Å². The standard InChI is InChI=1S/C16H26FNO3S/c1-6-11(2)16(4,19)10-18-12(3)13-7-8-15(14(17)9-13)22(5,20)21/h7-9,11-12,18-19H,6,10H2,1-5H3. The molecule has 0 amide bonds. The van der Waals surface area contributed by atoms with Crippen molar-refractivity contribution in [2.24, 2.45) is 5.92 Å². The smallest absolute Gasteiger partial charge is 0.178 e. The summed E-state index contributed by atoms with van der Waals surface area (Å²) in [6.07, 6.45) is 1.84. The van der Waals surface area contributed by atoms with Gasteiger partial charge in [0.2, 0.25) is 0 Å². The molecule has 126 valence electrons. The SMILES string of the molecule is CCC(C)C(C)(O)CNC(C)c1ccc(S(C)(=O)=O)c(F)c1. The maximum absolute atomic E-state index is 13.9. The van der Waals surface area contributed by atoms with E-state index in [0.717, 1.165) is 12.7 Å². The van der Waals surface area contributed by atoms with Gasteiger partial charge < -0.3 is 10.4 Å². The van der Waals surface area contributed by atoms with Crippen molar-refractivity contribution in [2.45, 2.75) is 50.7 Å². The monoisotopic (exact) mass is 331 g/mol. The maximum Gasteiger partial charge on any atom is 0.178 e. The minimum absolute atomic E-state index is 0.136. The molecule has 0 aromatic heterocycles. The van der Waals surface area contributed by atoms with Crippen molar-refractivity contribution in [1.82, 2.24) is 5.32 Å². The number of hydrogen-bond donors (Lipinski definition) is 2. The lowest BCUT2D eigenvalue weighted by Crippen LogP contribution is -2.43. The molecule has 0 radical (unpaired) electrons. The molecule has 0 saturated carbocycles. The van der Waals surface area contributed by atoms with E-state index >= 15 is 0 Å². The van der Waals surface area contributed by atoms with Gasteiger partial charge in [0.15, 0.2) is 9.84 Å². The fraction of sp³-hybridized carbons (Fsp3) is 0.625. The molecule has 0 saturated heterocycles. The van der Waals surface area contributed by atoms with Gasteiger partial charge in [0, 0.05) is 18.8 Å². The second-order valence-corrected chi connectivity index (χ2v) is 8.22. The second kappa shape index (κ2) is 7.06. The van der Waals surface area contributed by atoms with E-state index in [1.807, 2.05) is 20.8 Å². The molecule has 3 atom stereocenters. The van der Waals surface area contributed by atoms with Gasteiger partial charge in [0.25, 0.3) is 0 Å². The van der Waals surface area contributed by atoms with Gasteiger partial charge in [0.1, 0.15) is 10.7 Å². The van der Waals surface area contributed by atoms with E-state index in [1.54, 1.807) is 13.0 Å². The lowest BCUT2D eigenvalue weighted by Gasteiger charge is -2.31. The number of rotatable bonds is 7. The molecule has 1 aromatic carbocycles. The summed E-state index contributed by atoms with van der Waals surface area (Å²) in [5.41, 5.74) is -0.210. The van der Waals surface area contributed by atoms with Crippen LogP contribution >= 0.6 is 0 Å². The zero-order chi connectivity index (χ0) is 17.1. The lowest BCUT2D eigenvalue weighted by molar-refractivity contribution is 0.00364. The molecule has 22 heavy (non-hydrogen) atoms. The third kappa shape index (κ3) is 4.76. The molecular weight excluding hydrogens is 305 g/mol. The molecule has 0 heterocycles. The van der Waals surface area contributed by atoms with Crippen molar-refractivity contribution in [3.05, 3.63) is 29.6 Å². The highest BCUT2D eigenvalue weighted by atomic mass is 32.2. The number of halogens is 1. The van der Waals surface area contributed by atoms with Crippen LogP contribution in [0.15, 0.2) is 23.1 Å². The first-order valence-corrected chi connectivity index (χ1v) is 9.33. The van der Waals surface area contributed by atoms with E-state index in [-0.39, 0.29) is 16.9 Å². The predicted octanol–water partition coefficient (Wildman–Crippen LogP) is 2.68. The van der Waals surface area contributed by atoms with Crippen LogP contribution in [0.5, 0.6) is 0 Å². The average Bonchev–Trinajstić information content (AvgIpc) is 2.42. The summed E-state index contributed by atoms with van der Waals surface area (Å²) in [7, 11) is -3.56. The predicted molar refractivity (Wildman–Crippen MR) is 86.0 cm³/mol. The van der Waals surface area contributed by atoms with Gasteiger partial charge in [-0.25, -0.2) is 12.8 Å². The maximum atomic E-state index is 13.9. The highest BCUT2D eigenvalue weighted by Crippen LogP contribution is 2.23.